The van der Waals surface area contributed by atoms with E-state index >= 15 is 0 Å². The van der Waals surface area contributed by atoms with Gasteiger partial charge < -0.3 is 20.3 Å². The predicted molar refractivity (Wildman–Crippen MR) is 147 cm³/mol. The Kier molecular flexibility index (Phi) is 6.96. The van der Waals surface area contributed by atoms with Crippen LogP contribution in [0.25, 0.3) is 0 Å². The summed E-state index contributed by atoms with van der Waals surface area (Å²) in [5.41, 5.74) is 6.44. The predicted octanol–water partition coefficient (Wildman–Crippen LogP) is 3.23. The first-order valence-corrected chi connectivity index (χ1v) is 14.2. The molecule has 12 heteroatoms. The maximum Gasteiger partial charge on any atom is 0.439 e. The molecule has 2 aliphatic heterocycles. The van der Waals surface area contributed by atoms with Crippen molar-refractivity contribution >= 4 is 23.4 Å². The molecule has 0 radical (unpaired) electrons. The fraction of sp³-hybridized carbons (Fsp3) is 0.593. The zero-order valence-corrected chi connectivity index (χ0v) is 22.9. The second-order valence-corrected chi connectivity index (χ2v) is 11.6. The minimum absolute atomic E-state index is 0.00131. The largest absolute Gasteiger partial charge is 0.439 e. The van der Waals surface area contributed by atoms with Gasteiger partial charge in [-0.25, -0.2) is 14.8 Å². The molecule has 3 N–H and O–H groups in total. The van der Waals surface area contributed by atoms with Crippen LogP contribution in [0.2, 0.25) is 5.02 Å². The smallest absolute Gasteiger partial charge is 0.381 e. The number of nitrogens with two attached hydrogens (primary N) is 1. The molecule has 0 bridgehead atoms. The number of morpholine rings is 1. The van der Waals surface area contributed by atoms with E-state index in [0.29, 0.717) is 35.4 Å². The van der Waals surface area contributed by atoms with Gasteiger partial charge in [0, 0.05) is 31.0 Å². The maximum atomic E-state index is 11.7. The van der Waals surface area contributed by atoms with E-state index < -0.39 is 11.4 Å². The standard InChI is InChI=1S/C27H35ClN8O3/c1-16-6-8-18(9-7-16)15-36-25(35-10-11-38-22-5-3-4-21(22)35)31-17(2)27(36,19-12-20(28)14-30-13-19)33-23(29)24-32-26(37)39-34-24/h12-14,16,18,21-22H,2-11,15H2,1H3,(H2,29,33)(H,32,34,37)/t16-,18-,21-,22-,27?/m1/s1. The highest BCUT2D eigenvalue weighted by atomic mass is 35.5. The average Bonchev–Trinajstić information content (AvgIpc) is 3.64. The van der Waals surface area contributed by atoms with Gasteiger partial charge >= 0.3 is 5.76 Å². The zero-order valence-electron chi connectivity index (χ0n) is 22.2. The van der Waals surface area contributed by atoms with Gasteiger partial charge in [-0.2, -0.15) is 0 Å². The van der Waals surface area contributed by atoms with Gasteiger partial charge in [-0.1, -0.05) is 43.1 Å². The van der Waals surface area contributed by atoms with Gasteiger partial charge in [-0.05, 0) is 50.0 Å². The van der Waals surface area contributed by atoms with Crippen LogP contribution in [0.4, 0.5) is 0 Å². The Bertz CT molecular complexity index is 1350. The number of aliphatic imine (C=N–C) groups is 2. The number of ether oxygens (including phenoxy) is 1. The van der Waals surface area contributed by atoms with Crippen LogP contribution in [-0.4, -0.2) is 68.6 Å². The molecule has 4 heterocycles. The third-order valence-electron chi connectivity index (χ3n) is 8.66. The van der Waals surface area contributed by atoms with Crippen LogP contribution in [0, 0.1) is 11.8 Å². The van der Waals surface area contributed by atoms with Crippen molar-refractivity contribution in [3.63, 3.8) is 0 Å². The lowest BCUT2D eigenvalue weighted by Gasteiger charge is -2.46. The third kappa shape index (κ3) is 4.75. The summed E-state index contributed by atoms with van der Waals surface area (Å²) in [6.45, 7) is 8.81. The van der Waals surface area contributed by atoms with Gasteiger partial charge in [0.2, 0.25) is 17.4 Å². The summed E-state index contributed by atoms with van der Waals surface area (Å²) in [7, 11) is 0. The van der Waals surface area contributed by atoms with Gasteiger partial charge in [0.1, 0.15) is 0 Å². The molecule has 4 aliphatic rings. The molecule has 0 amide bonds. The quantitative estimate of drug-likeness (QED) is 0.424. The van der Waals surface area contributed by atoms with E-state index in [0.717, 1.165) is 50.5 Å². The van der Waals surface area contributed by atoms with E-state index in [1.807, 2.05) is 6.07 Å². The van der Waals surface area contributed by atoms with Crippen molar-refractivity contribution in [3.8, 4) is 0 Å². The number of rotatable bonds is 5. The molecule has 2 saturated carbocycles. The highest BCUT2D eigenvalue weighted by molar-refractivity contribution is 6.30. The number of nitrogens with zero attached hydrogens (tertiary/aromatic N) is 6. The molecule has 1 unspecified atom stereocenters. The highest BCUT2D eigenvalue weighted by Gasteiger charge is 2.53. The molecule has 39 heavy (non-hydrogen) atoms. The van der Waals surface area contributed by atoms with E-state index in [-0.39, 0.29) is 23.8 Å². The molecular weight excluding hydrogens is 520 g/mol. The average molecular weight is 555 g/mol. The first-order chi connectivity index (χ1) is 18.8. The first kappa shape index (κ1) is 26.1. The van der Waals surface area contributed by atoms with E-state index in [4.69, 9.17) is 36.6 Å². The van der Waals surface area contributed by atoms with Crippen molar-refractivity contribution in [2.75, 3.05) is 19.7 Å². The van der Waals surface area contributed by atoms with Gasteiger partial charge in [0.15, 0.2) is 5.84 Å². The normalized spacial score (nSPS) is 31.5. The van der Waals surface area contributed by atoms with E-state index in [1.165, 1.54) is 12.8 Å². The number of pyridine rings is 1. The van der Waals surface area contributed by atoms with Crippen LogP contribution in [0.15, 0.2) is 50.0 Å². The lowest BCUT2D eigenvalue weighted by atomic mass is 9.82. The van der Waals surface area contributed by atoms with E-state index in [9.17, 15) is 4.79 Å². The van der Waals surface area contributed by atoms with Gasteiger partial charge in [0.25, 0.3) is 0 Å². The Morgan fingerprint density at radius 3 is 2.85 bits per heavy atom. The second-order valence-electron chi connectivity index (χ2n) is 11.2. The van der Waals surface area contributed by atoms with Crippen LogP contribution in [0.1, 0.15) is 63.3 Å². The van der Waals surface area contributed by atoms with Crippen molar-refractivity contribution in [3.05, 3.63) is 57.7 Å². The van der Waals surface area contributed by atoms with Crippen LogP contribution in [-0.2, 0) is 10.4 Å². The highest BCUT2D eigenvalue weighted by Crippen LogP contribution is 2.46. The van der Waals surface area contributed by atoms with Crippen molar-refractivity contribution < 1.29 is 9.26 Å². The minimum atomic E-state index is -1.23. The summed E-state index contributed by atoms with van der Waals surface area (Å²) in [4.78, 5) is 33.4. The molecule has 2 aromatic rings. The second kappa shape index (κ2) is 10.4. The number of aromatic amines is 1. The first-order valence-electron chi connectivity index (χ1n) is 13.8. The van der Waals surface area contributed by atoms with Crippen LogP contribution >= 0.6 is 11.6 Å². The number of H-pyrrole nitrogens is 1. The summed E-state index contributed by atoms with van der Waals surface area (Å²) >= 11 is 6.47. The van der Waals surface area contributed by atoms with Crippen molar-refractivity contribution in [1.29, 1.82) is 0 Å². The zero-order chi connectivity index (χ0) is 27.1. The number of fused-ring (bicyclic) bond motifs is 1. The summed E-state index contributed by atoms with van der Waals surface area (Å²) in [5, 5.41) is 4.24. The molecule has 2 aromatic heterocycles. The summed E-state index contributed by atoms with van der Waals surface area (Å²) in [5.74, 6) is 1.32. The molecule has 6 rings (SSSR count). The van der Waals surface area contributed by atoms with E-state index in [2.05, 4.69) is 38.4 Å². The summed E-state index contributed by atoms with van der Waals surface area (Å²) in [6, 6.07) is 2.06. The molecule has 208 valence electrons. The molecule has 3 atom stereocenters. The van der Waals surface area contributed by atoms with Gasteiger partial charge in [0.05, 0.1) is 29.5 Å². The number of hydrogen-bond donors (Lipinski definition) is 2. The number of guanidine groups is 1. The SMILES string of the molecule is C=C1N=C(N2CCO[C@@H]3CCC[C@H]32)N(C[C@H]2CC[C@H](C)CC2)C1(/N=C(\N)c1noc(=O)[nH]1)c1cncc(Cl)c1. The Labute approximate surface area is 232 Å². The van der Waals surface area contributed by atoms with Crippen molar-refractivity contribution in [1.82, 2.24) is 24.9 Å². The number of hydrogen-bond acceptors (Lipinski definition) is 9. The Balaban J connectivity index is 1.49. The topological polar surface area (TPSA) is 138 Å². The van der Waals surface area contributed by atoms with Crippen molar-refractivity contribution in [2.45, 2.75) is 69.7 Å². The Hall–Kier alpha value is -3.18. The van der Waals surface area contributed by atoms with Gasteiger partial charge in [-0.15, -0.1) is 0 Å². The molecular formula is C27H35ClN8O3. The van der Waals surface area contributed by atoms with Crippen LogP contribution in [0.3, 0.4) is 0 Å². The third-order valence-corrected chi connectivity index (χ3v) is 8.86. The van der Waals surface area contributed by atoms with Crippen molar-refractivity contribution in [2.24, 2.45) is 27.6 Å². The Morgan fingerprint density at radius 2 is 2.10 bits per heavy atom. The maximum absolute atomic E-state index is 11.7. The number of aromatic nitrogens is 3. The summed E-state index contributed by atoms with van der Waals surface area (Å²) < 4.78 is 10.8. The number of nitrogens with one attached hydrogen (secondary N) is 1. The molecule has 0 aromatic carbocycles. The Morgan fingerprint density at radius 1 is 1.28 bits per heavy atom. The molecule has 0 spiro atoms. The molecule has 3 fully saturated rings. The lowest BCUT2D eigenvalue weighted by molar-refractivity contribution is -0.0351. The monoisotopic (exact) mass is 554 g/mol. The van der Waals surface area contributed by atoms with Gasteiger partial charge in [-0.3, -0.25) is 14.5 Å². The van der Waals surface area contributed by atoms with E-state index in [1.54, 1.807) is 12.4 Å². The number of amidine groups is 1. The minimum Gasteiger partial charge on any atom is -0.381 e. The summed E-state index contributed by atoms with van der Waals surface area (Å²) in [6.07, 6.45) is 11.3. The number of halogens is 1. The fourth-order valence-corrected chi connectivity index (χ4v) is 6.79. The van der Waals surface area contributed by atoms with Crippen LogP contribution in [0.5, 0.6) is 0 Å². The fourth-order valence-electron chi connectivity index (χ4n) is 6.62. The van der Waals surface area contributed by atoms with Crippen LogP contribution < -0.4 is 11.5 Å². The molecule has 1 saturated heterocycles. The lowest BCUT2D eigenvalue weighted by Crippen LogP contribution is -2.59. The molecule has 11 nitrogen and oxygen atoms in total. The molecule has 2 aliphatic carbocycles.